The van der Waals surface area contributed by atoms with Crippen molar-refractivity contribution in [3.8, 4) is 11.1 Å². The third-order valence-corrected chi connectivity index (χ3v) is 2.57. The predicted molar refractivity (Wildman–Crippen MR) is 68.5 cm³/mol. The van der Waals surface area contributed by atoms with Crippen molar-refractivity contribution in [3.05, 3.63) is 65.7 Å². The lowest BCUT2D eigenvalue weighted by Crippen LogP contribution is -1.89. The van der Waals surface area contributed by atoms with Crippen molar-refractivity contribution in [2.45, 2.75) is 0 Å². The fraction of sp³-hybridized carbons (Fsp3) is 0. The minimum Gasteiger partial charge on any atom is -0.478 e. The molecule has 2 nitrogen and oxygen atoms in total. The summed E-state index contributed by atoms with van der Waals surface area (Å²) in [5.41, 5.74) is 1.75. The lowest BCUT2D eigenvalue weighted by atomic mass is 9.99. The first-order valence-electron chi connectivity index (χ1n) is 5.53. The molecule has 19 heavy (non-hydrogen) atoms. The largest absolute Gasteiger partial charge is 0.478 e. The maximum absolute atomic E-state index is 13.2. The molecule has 0 aromatic heterocycles. The summed E-state index contributed by atoms with van der Waals surface area (Å²) in [7, 11) is 0. The summed E-state index contributed by atoms with van der Waals surface area (Å²) in [4.78, 5) is 10.5. The van der Waals surface area contributed by atoms with Gasteiger partial charge >= 0.3 is 5.97 Å². The summed E-state index contributed by atoms with van der Waals surface area (Å²) >= 11 is 0. The van der Waals surface area contributed by atoms with E-state index >= 15 is 0 Å². The van der Waals surface area contributed by atoms with Gasteiger partial charge in [0.2, 0.25) is 0 Å². The topological polar surface area (TPSA) is 37.3 Å². The van der Waals surface area contributed by atoms with Crippen LogP contribution in [-0.2, 0) is 4.79 Å². The van der Waals surface area contributed by atoms with E-state index in [1.54, 1.807) is 12.1 Å². The number of rotatable bonds is 3. The van der Waals surface area contributed by atoms with Crippen molar-refractivity contribution in [1.29, 1.82) is 0 Å². The fourth-order valence-corrected chi connectivity index (χ4v) is 1.72. The Morgan fingerprint density at radius 1 is 1.00 bits per heavy atom. The molecule has 0 radical (unpaired) electrons. The molecule has 1 N–H and O–H groups in total. The van der Waals surface area contributed by atoms with Crippen LogP contribution in [-0.4, -0.2) is 11.1 Å². The predicted octanol–water partition coefficient (Wildman–Crippen LogP) is 3.73. The molecular formula is C15H10F2O2. The van der Waals surface area contributed by atoms with Gasteiger partial charge in [-0.3, -0.25) is 0 Å². The molecule has 0 spiro atoms. The monoisotopic (exact) mass is 260 g/mol. The van der Waals surface area contributed by atoms with E-state index in [-0.39, 0.29) is 5.82 Å². The second-order valence-electron chi connectivity index (χ2n) is 3.91. The molecule has 96 valence electrons. The van der Waals surface area contributed by atoms with Gasteiger partial charge in [-0.2, -0.15) is 0 Å². The Kier molecular flexibility index (Phi) is 3.71. The summed E-state index contributed by atoms with van der Waals surface area (Å²) in [6.07, 6.45) is 2.24. The first kappa shape index (κ1) is 13.0. The Balaban J connectivity index is 2.50. The highest BCUT2D eigenvalue weighted by atomic mass is 19.1. The van der Waals surface area contributed by atoms with Crippen molar-refractivity contribution in [2.75, 3.05) is 0 Å². The van der Waals surface area contributed by atoms with Gasteiger partial charge in [-0.1, -0.05) is 18.2 Å². The van der Waals surface area contributed by atoms with Gasteiger partial charge in [-0.15, -0.1) is 0 Å². The Morgan fingerprint density at radius 3 is 2.26 bits per heavy atom. The van der Waals surface area contributed by atoms with Crippen LogP contribution in [0.1, 0.15) is 5.56 Å². The van der Waals surface area contributed by atoms with Crippen LogP contribution in [0.2, 0.25) is 0 Å². The highest BCUT2D eigenvalue weighted by molar-refractivity contribution is 5.87. The molecule has 0 saturated carbocycles. The molecule has 0 aliphatic carbocycles. The SMILES string of the molecule is O=C(O)C=Cc1cc(F)ccc1-c1ccc(F)cc1. The number of halogens is 2. The van der Waals surface area contributed by atoms with Gasteiger partial charge in [0, 0.05) is 6.08 Å². The van der Waals surface area contributed by atoms with Crippen LogP contribution in [0.5, 0.6) is 0 Å². The van der Waals surface area contributed by atoms with Crippen LogP contribution < -0.4 is 0 Å². The third kappa shape index (κ3) is 3.25. The molecule has 2 aromatic carbocycles. The van der Waals surface area contributed by atoms with E-state index in [9.17, 15) is 13.6 Å². The van der Waals surface area contributed by atoms with Crippen LogP contribution in [0, 0.1) is 11.6 Å². The van der Waals surface area contributed by atoms with E-state index in [2.05, 4.69) is 0 Å². The first-order chi connectivity index (χ1) is 9.06. The normalized spacial score (nSPS) is 10.8. The van der Waals surface area contributed by atoms with E-state index in [0.717, 1.165) is 6.08 Å². The molecule has 0 aliphatic rings. The molecule has 0 atom stereocenters. The first-order valence-corrected chi connectivity index (χ1v) is 5.53. The van der Waals surface area contributed by atoms with Gasteiger partial charge in [-0.25, -0.2) is 13.6 Å². The number of aliphatic carboxylic acids is 1. The van der Waals surface area contributed by atoms with Crippen LogP contribution in [0.3, 0.4) is 0 Å². The Morgan fingerprint density at radius 2 is 1.63 bits per heavy atom. The average molecular weight is 260 g/mol. The van der Waals surface area contributed by atoms with E-state index < -0.39 is 11.8 Å². The smallest absolute Gasteiger partial charge is 0.328 e. The number of carboxylic acid groups (broad SMARTS) is 1. The molecule has 0 bridgehead atoms. The Bertz CT molecular complexity index is 631. The standard InChI is InChI=1S/C15H10F2O2/c16-12-4-1-10(2-5-12)14-7-6-13(17)9-11(14)3-8-15(18)19/h1-9H,(H,18,19). The van der Waals surface area contributed by atoms with E-state index in [1.807, 2.05) is 0 Å². The average Bonchev–Trinajstić information content (AvgIpc) is 2.38. The molecule has 4 heteroatoms. The van der Waals surface area contributed by atoms with Crippen molar-refractivity contribution in [3.63, 3.8) is 0 Å². The summed E-state index contributed by atoms with van der Waals surface area (Å²) in [5, 5.41) is 8.61. The number of carboxylic acids is 1. The van der Waals surface area contributed by atoms with Crippen LogP contribution in [0.15, 0.2) is 48.5 Å². The van der Waals surface area contributed by atoms with Gasteiger partial charge < -0.3 is 5.11 Å². The van der Waals surface area contributed by atoms with Crippen molar-refractivity contribution < 1.29 is 18.7 Å². The number of hydrogen-bond acceptors (Lipinski definition) is 1. The second-order valence-corrected chi connectivity index (χ2v) is 3.91. The van der Waals surface area contributed by atoms with Gasteiger partial charge in [0.05, 0.1) is 0 Å². The van der Waals surface area contributed by atoms with Gasteiger partial charge in [0.15, 0.2) is 0 Å². The van der Waals surface area contributed by atoms with Crippen molar-refractivity contribution >= 4 is 12.0 Å². The van der Waals surface area contributed by atoms with Crippen LogP contribution in [0.25, 0.3) is 17.2 Å². The van der Waals surface area contributed by atoms with Gasteiger partial charge in [0.25, 0.3) is 0 Å². The number of carbonyl (C=O) groups is 1. The number of benzene rings is 2. The zero-order valence-electron chi connectivity index (χ0n) is 9.81. The van der Waals surface area contributed by atoms with E-state index in [1.165, 1.54) is 36.4 Å². The molecule has 2 aromatic rings. The molecule has 0 unspecified atom stereocenters. The lowest BCUT2D eigenvalue weighted by molar-refractivity contribution is -0.131. The maximum atomic E-state index is 13.2. The molecule has 0 saturated heterocycles. The molecule has 2 rings (SSSR count). The summed E-state index contributed by atoms with van der Waals surface area (Å²) in [6.45, 7) is 0. The molecule has 0 fully saturated rings. The Labute approximate surface area is 108 Å². The molecule has 0 heterocycles. The number of hydrogen-bond donors (Lipinski definition) is 1. The highest BCUT2D eigenvalue weighted by Crippen LogP contribution is 2.25. The fourth-order valence-electron chi connectivity index (χ4n) is 1.72. The van der Waals surface area contributed by atoms with Crippen molar-refractivity contribution in [1.82, 2.24) is 0 Å². The van der Waals surface area contributed by atoms with Gasteiger partial charge in [0.1, 0.15) is 11.6 Å². The second kappa shape index (κ2) is 5.44. The van der Waals surface area contributed by atoms with Crippen molar-refractivity contribution in [2.24, 2.45) is 0 Å². The van der Waals surface area contributed by atoms with Crippen LogP contribution >= 0.6 is 0 Å². The third-order valence-electron chi connectivity index (χ3n) is 2.57. The minimum absolute atomic E-state index is 0.367. The highest BCUT2D eigenvalue weighted by Gasteiger charge is 2.05. The zero-order chi connectivity index (χ0) is 13.8. The van der Waals surface area contributed by atoms with E-state index in [0.29, 0.717) is 16.7 Å². The summed E-state index contributed by atoms with van der Waals surface area (Å²) in [6, 6.07) is 9.74. The minimum atomic E-state index is -1.12. The maximum Gasteiger partial charge on any atom is 0.328 e. The molecular weight excluding hydrogens is 250 g/mol. The van der Waals surface area contributed by atoms with Crippen LogP contribution in [0.4, 0.5) is 8.78 Å². The summed E-state index contributed by atoms with van der Waals surface area (Å²) in [5.74, 6) is -1.95. The van der Waals surface area contributed by atoms with Gasteiger partial charge in [-0.05, 0) is 47.0 Å². The molecule has 0 aliphatic heterocycles. The Hall–Kier alpha value is -2.49. The summed E-state index contributed by atoms with van der Waals surface area (Å²) < 4.78 is 26.1. The quantitative estimate of drug-likeness (QED) is 0.854. The lowest BCUT2D eigenvalue weighted by Gasteiger charge is -2.06. The molecule has 0 amide bonds. The zero-order valence-corrected chi connectivity index (χ0v) is 9.81. The van der Waals surface area contributed by atoms with E-state index in [4.69, 9.17) is 5.11 Å².